The number of carbonyl (C=O) groups excluding carboxylic acids is 6. The van der Waals surface area contributed by atoms with Crippen molar-refractivity contribution in [2.24, 2.45) is 0 Å². The van der Waals surface area contributed by atoms with Crippen LogP contribution < -0.4 is 16.0 Å². The fourth-order valence-electron chi connectivity index (χ4n) is 15.8. The Labute approximate surface area is 703 Å². The average Bonchev–Trinajstić information content (AvgIpc) is 0.777. The van der Waals surface area contributed by atoms with Crippen molar-refractivity contribution in [1.29, 1.82) is 0 Å². The summed E-state index contributed by atoms with van der Waals surface area (Å²) in [7, 11) is 0. The van der Waals surface area contributed by atoms with E-state index in [1.54, 1.807) is 14.7 Å². The van der Waals surface area contributed by atoms with Gasteiger partial charge in [0.25, 0.3) is 35.4 Å². The minimum absolute atomic E-state index is 0.0886. The number of likely N-dealkylation sites (tertiary alicyclic amines) is 3. The number of nitrogens with one attached hydrogen (secondary N) is 3. The molecule has 0 aliphatic carbocycles. The summed E-state index contributed by atoms with van der Waals surface area (Å²) in [5, 5.41) is 9.45. The van der Waals surface area contributed by atoms with Crippen molar-refractivity contribution in [3.63, 3.8) is 0 Å². The molecule has 0 aromatic heterocycles. The lowest BCUT2D eigenvalue weighted by atomic mass is 9.91. The third kappa shape index (κ3) is 23.4. The molecule has 3 fully saturated rings. The molecular formula is C99H108N6O15. The predicted molar refractivity (Wildman–Crippen MR) is 456 cm³/mol. The molecule has 624 valence electrons. The lowest BCUT2D eigenvalue weighted by Gasteiger charge is -2.48. The minimum atomic E-state index is -1.15. The van der Waals surface area contributed by atoms with Gasteiger partial charge >= 0.3 is 0 Å². The van der Waals surface area contributed by atoms with E-state index < -0.39 is 90.8 Å². The van der Waals surface area contributed by atoms with Gasteiger partial charge in [0.05, 0.1) is 77.6 Å². The molecule has 21 heteroatoms. The second-order valence-electron chi connectivity index (χ2n) is 30.4. The number of hydrogen-bond donors (Lipinski definition) is 3. The first-order valence-electron chi connectivity index (χ1n) is 41.7. The minimum Gasteiger partial charge on any atom is -0.368 e. The molecule has 0 radical (unpaired) electrons. The van der Waals surface area contributed by atoms with Gasteiger partial charge in [-0.25, -0.2) is 0 Å². The van der Waals surface area contributed by atoms with Gasteiger partial charge in [0, 0.05) is 56.0 Å². The number of nitrogens with zero attached hydrogens (tertiary/aromatic N) is 3. The molecule has 0 spiro atoms. The lowest BCUT2D eigenvalue weighted by molar-refractivity contribution is -0.208. The van der Waals surface area contributed by atoms with Crippen LogP contribution in [0, 0.1) is 0 Å². The molecule has 21 nitrogen and oxygen atoms in total. The Hall–Kier alpha value is -11.3. The average molecular weight is 1620 g/mol. The fourth-order valence-corrected chi connectivity index (χ4v) is 15.8. The van der Waals surface area contributed by atoms with Gasteiger partial charge in [0.15, 0.2) is 18.3 Å². The third-order valence-corrected chi connectivity index (χ3v) is 21.8. The lowest BCUT2D eigenvalue weighted by Crippen LogP contribution is -2.68. The summed E-state index contributed by atoms with van der Waals surface area (Å²) >= 11 is 0. The van der Waals surface area contributed by atoms with Crippen LogP contribution in [-0.4, -0.2) is 162 Å². The molecular weight excluding hydrogens is 1510 g/mol. The van der Waals surface area contributed by atoms with E-state index in [1.807, 2.05) is 294 Å². The van der Waals surface area contributed by atoms with Gasteiger partial charge < -0.3 is 73.3 Å². The molecule has 13 rings (SSSR count). The summed E-state index contributed by atoms with van der Waals surface area (Å²) in [5.74, 6) is -3.16. The first kappa shape index (κ1) is 86.5. The number of amides is 6. The van der Waals surface area contributed by atoms with Gasteiger partial charge in [-0.1, -0.05) is 294 Å². The Morgan fingerprint density at radius 1 is 0.250 bits per heavy atom. The zero-order valence-electron chi connectivity index (χ0n) is 68.3. The number of benzene rings is 10. The molecule has 120 heavy (non-hydrogen) atoms. The molecule has 3 aliphatic heterocycles. The third-order valence-electron chi connectivity index (χ3n) is 21.8. The first-order valence-corrected chi connectivity index (χ1v) is 41.7. The first-order chi connectivity index (χ1) is 58.9. The maximum Gasteiger partial charge on any atom is 0.254 e. The number of piperidine rings is 3. The van der Waals surface area contributed by atoms with E-state index in [1.165, 1.54) is 18.2 Å². The van der Waals surface area contributed by atoms with Crippen molar-refractivity contribution >= 4 is 35.4 Å². The molecule has 10 aromatic rings. The van der Waals surface area contributed by atoms with E-state index in [2.05, 4.69) is 16.0 Å². The van der Waals surface area contributed by atoms with Crippen molar-refractivity contribution in [3.8, 4) is 0 Å². The van der Waals surface area contributed by atoms with E-state index in [0.717, 1.165) is 50.1 Å². The Bertz CT molecular complexity index is 4330. The van der Waals surface area contributed by atoms with Crippen LogP contribution in [-0.2, 0) is 116 Å². The van der Waals surface area contributed by atoms with Crippen molar-refractivity contribution in [3.05, 3.63) is 358 Å². The molecule has 3 saturated heterocycles. The molecule has 3 heterocycles. The van der Waals surface area contributed by atoms with Crippen LogP contribution in [0.25, 0.3) is 0 Å². The highest BCUT2D eigenvalue weighted by atomic mass is 16.6. The van der Waals surface area contributed by atoms with Crippen molar-refractivity contribution < 1.29 is 71.4 Å². The molecule has 10 aromatic carbocycles. The number of hydrogen-bond acceptors (Lipinski definition) is 15. The highest BCUT2D eigenvalue weighted by Gasteiger charge is 2.54. The van der Waals surface area contributed by atoms with Crippen LogP contribution in [0.2, 0.25) is 0 Å². The van der Waals surface area contributed by atoms with Crippen molar-refractivity contribution in [2.75, 3.05) is 39.3 Å². The molecule has 6 amide bonds. The summed E-state index contributed by atoms with van der Waals surface area (Å²) in [6, 6.07) is 88.3. The highest BCUT2D eigenvalue weighted by Crippen LogP contribution is 2.35. The summed E-state index contributed by atoms with van der Waals surface area (Å²) < 4.78 is 61.8. The molecule has 3 aliphatic rings. The molecule has 0 saturated carbocycles. The fraction of sp³-hybridized carbons (Fsp3) is 0.333. The summed E-state index contributed by atoms with van der Waals surface area (Å²) in [6.07, 6.45) is -7.62. The summed E-state index contributed by atoms with van der Waals surface area (Å²) in [6.45, 7) is 7.01. The maximum absolute atomic E-state index is 15.8. The second kappa shape index (κ2) is 44.6. The number of carbonyl (C=O) groups is 6. The number of rotatable bonds is 42. The van der Waals surface area contributed by atoms with Crippen LogP contribution in [0.1, 0.15) is 121 Å². The van der Waals surface area contributed by atoms with Crippen LogP contribution in [0.5, 0.6) is 0 Å². The zero-order valence-corrected chi connectivity index (χ0v) is 68.3. The van der Waals surface area contributed by atoms with E-state index in [9.17, 15) is 0 Å². The van der Waals surface area contributed by atoms with Gasteiger partial charge in [0.1, 0.15) is 36.6 Å². The zero-order chi connectivity index (χ0) is 83.2. The smallest absolute Gasteiger partial charge is 0.254 e. The Balaban J connectivity index is 0.861. The van der Waals surface area contributed by atoms with Gasteiger partial charge in [-0.05, 0) is 87.5 Å². The summed E-state index contributed by atoms with van der Waals surface area (Å²) in [5.41, 5.74) is 7.41. The van der Waals surface area contributed by atoms with E-state index >= 15 is 28.8 Å². The quantitative estimate of drug-likeness (QED) is 0.0323. The Kier molecular flexibility index (Phi) is 32.2. The highest BCUT2D eigenvalue weighted by molar-refractivity contribution is 6.04. The van der Waals surface area contributed by atoms with Crippen LogP contribution in [0.4, 0.5) is 0 Å². The molecule has 12 atom stereocenters. The predicted octanol–water partition coefficient (Wildman–Crippen LogP) is 14.0. The maximum atomic E-state index is 15.8. The topological polar surface area (TPSA) is 231 Å². The standard InChI is InChI=1S/C99H108N6O15/c1-4-52-103-82(85(112-61-70-34-16-7-17-35-70)88(115-64-73-40-22-10-23-41-73)91(97(103)109)118-67-76-46-28-13-29-47-76)58-100-94(106)79-55-80(95(107)101-59-83-86(113-62-71-36-18-8-19-37-71)89(116-65-74-42-24-11-25-43-74)92(98(110)104(83)53-5-2)119-68-77-48-30-14-31-49-77)57-81(56-79)96(108)102-60-84-87(114-63-72-38-20-9-21-39-72)90(117-66-75-44-26-12-27-45-75)93(99(111)105(84)54-6-3)120-69-78-50-32-15-33-51-78/h7-51,55-57,82-93H,4-6,52-54,58-69H2,1-3H3,(H,100,106)(H,101,107)(H,102,108)/t82-,83-,84-,85-,86-,87-,88+,89+,90+,91-,92-,93-/m1/s1. The van der Waals surface area contributed by atoms with Crippen molar-refractivity contribution in [1.82, 2.24) is 30.7 Å². The van der Waals surface area contributed by atoms with E-state index in [-0.39, 0.29) is 133 Å². The normalized spacial score (nSPS) is 21.1. The van der Waals surface area contributed by atoms with E-state index in [0.29, 0.717) is 19.3 Å². The van der Waals surface area contributed by atoms with Gasteiger partial charge in [-0.15, -0.1) is 0 Å². The number of ether oxygens (including phenoxy) is 9. The van der Waals surface area contributed by atoms with Crippen LogP contribution in [0.3, 0.4) is 0 Å². The van der Waals surface area contributed by atoms with Gasteiger partial charge in [-0.2, -0.15) is 0 Å². The Morgan fingerprint density at radius 3 is 0.592 bits per heavy atom. The Morgan fingerprint density at radius 2 is 0.417 bits per heavy atom. The SMILES string of the molecule is CCCN1C(=O)[C@H](OCc2ccccc2)[C@@H](OCc2ccccc2)[C@H](OCc2ccccc2)[C@H]1CNC(=O)c1cc(C(=O)NC[C@@H]2[C@@H](OCc3ccccc3)[C@H](OCc3ccccc3)[C@@H](OCc3ccccc3)C(=O)N2CCC)cc(C(=O)NC[C@@H]2[C@@H](OCc3ccccc3)[C@H](OCc3ccccc3)[C@@H](OCc3ccccc3)C(=O)N2CCC)c1. The van der Waals surface area contributed by atoms with Gasteiger partial charge in [0.2, 0.25) is 0 Å². The van der Waals surface area contributed by atoms with Crippen LogP contribution >= 0.6 is 0 Å². The molecule has 0 bridgehead atoms. The molecule has 0 unspecified atom stereocenters. The van der Waals surface area contributed by atoms with Crippen LogP contribution in [0.15, 0.2) is 291 Å². The molecule has 3 N–H and O–H groups in total. The monoisotopic (exact) mass is 1620 g/mol. The van der Waals surface area contributed by atoms with E-state index in [4.69, 9.17) is 42.6 Å². The largest absolute Gasteiger partial charge is 0.368 e. The summed E-state index contributed by atoms with van der Waals surface area (Å²) in [4.78, 5) is 98.8. The second-order valence-corrected chi connectivity index (χ2v) is 30.4. The van der Waals surface area contributed by atoms with Crippen molar-refractivity contribution in [2.45, 2.75) is 173 Å². The van der Waals surface area contributed by atoms with Gasteiger partial charge in [-0.3, -0.25) is 28.8 Å².